The standard InChI is InChI=1S/C14H22N2O2/c1-11-5-6-12(9-15-11)10-16(14(2,3)4)8-7-13(17)18/h5-6,9H,7-8,10H2,1-4H3,(H,17,18). The average Bonchev–Trinajstić information content (AvgIpc) is 2.24. The number of hydrogen-bond acceptors (Lipinski definition) is 3. The molecular formula is C14H22N2O2. The van der Waals surface area contributed by atoms with Gasteiger partial charge in [-0.25, -0.2) is 0 Å². The number of aromatic nitrogens is 1. The number of carboxylic acids is 1. The van der Waals surface area contributed by atoms with Gasteiger partial charge in [0.05, 0.1) is 6.42 Å². The minimum absolute atomic E-state index is 0.0552. The summed E-state index contributed by atoms with van der Waals surface area (Å²) in [6.45, 7) is 9.51. The Morgan fingerprint density at radius 3 is 2.50 bits per heavy atom. The first-order valence-electron chi connectivity index (χ1n) is 6.17. The second-order valence-corrected chi connectivity index (χ2v) is 5.54. The number of nitrogens with zero attached hydrogens (tertiary/aromatic N) is 2. The largest absolute Gasteiger partial charge is 0.481 e. The van der Waals surface area contributed by atoms with Gasteiger partial charge in [0, 0.05) is 30.5 Å². The predicted molar refractivity (Wildman–Crippen MR) is 71.4 cm³/mol. The number of aryl methyl sites for hydroxylation is 1. The Bertz CT molecular complexity index is 393. The van der Waals surface area contributed by atoms with E-state index in [1.807, 2.05) is 25.3 Å². The van der Waals surface area contributed by atoms with Crippen molar-refractivity contribution in [2.75, 3.05) is 6.54 Å². The Morgan fingerprint density at radius 1 is 1.39 bits per heavy atom. The lowest BCUT2D eigenvalue weighted by atomic mass is 10.0. The lowest BCUT2D eigenvalue weighted by Crippen LogP contribution is -2.42. The molecule has 0 aliphatic heterocycles. The van der Waals surface area contributed by atoms with Gasteiger partial charge in [0.2, 0.25) is 0 Å². The van der Waals surface area contributed by atoms with Crippen LogP contribution in [0, 0.1) is 6.92 Å². The van der Waals surface area contributed by atoms with Crippen LogP contribution in [0.15, 0.2) is 18.3 Å². The molecule has 4 nitrogen and oxygen atoms in total. The Hall–Kier alpha value is -1.42. The van der Waals surface area contributed by atoms with Gasteiger partial charge in [-0.15, -0.1) is 0 Å². The molecule has 1 rings (SSSR count). The lowest BCUT2D eigenvalue weighted by Gasteiger charge is -2.35. The predicted octanol–water partition coefficient (Wildman–Crippen LogP) is 2.47. The highest BCUT2D eigenvalue weighted by Gasteiger charge is 2.21. The summed E-state index contributed by atoms with van der Waals surface area (Å²) in [7, 11) is 0. The van der Waals surface area contributed by atoms with Crippen LogP contribution in [0.25, 0.3) is 0 Å². The van der Waals surface area contributed by atoms with Crippen molar-refractivity contribution in [2.45, 2.75) is 46.2 Å². The van der Waals surface area contributed by atoms with E-state index < -0.39 is 5.97 Å². The molecule has 0 radical (unpaired) electrons. The minimum Gasteiger partial charge on any atom is -0.481 e. The molecule has 0 fully saturated rings. The van der Waals surface area contributed by atoms with Crippen molar-refractivity contribution >= 4 is 5.97 Å². The molecule has 1 aromatic rings. The van der Waals surface area contributed by atoms with E-state index in [9.17, 15) is 4.79 Å². The molecule has 0 saturated heterocycles. The van der Waals surface area contributed by atoms with Crippen molar-refractivity contribution < 1.29 is 9.90 Å². The fourth-order valence-corrected chi connectivity index (χ4v) is 1.69. The summed E-state index contributed by atoms with van der Waals surface area (Å²) in [5.74, 6) is -0.758. The topological polar surface area (TPSA) is 53.4 Å². The molecule has 0 spiro atoms. The van der Waals surface area contributed by atoms with E-state index in [4.69, 9.17) is 5.11 Å². The second-order valence-electron chi connectivity index (χ2n) is 5.54. The first-order chi connectivity index (χ1) is 8.29. The van der Waals surface area contributed by atoms with Gasteiger partial charge in [-0.2, -0.15) is 0 Å². The summed E-state index contributed by atoms with van der Waals surface area (Å²) in [5.41, 5.74) is 2.05. The van der Waals surface area contributed by atoms with Crippen LogP contribution in [0.4, 0.5) is 0 Å². The number of carbonyl (C=O) groups is 1. The molecule has 100 valence electrons. The monoisotopic (exact) mass is 250 g/mol. The van der Waals surface area contributed by atoms with Gasteiger partial charge in [-0.05, 0) is 39.3 Å². The molecule has 4 heteroatoms. The van der Waals surface area contributed by atoms with E-state index in [0.717, 1.165) is 17.8 Å². The van der Waals surface area contributed by atoms with Crippen molar-refractivity contribution in [3.8, 4) is 0 Å². The normalized spacial score (nSPS) is 11.8. The molecule has 0 aliphatic rings. The van der Waals surface area contributed by atoms with Crippen molar-refractivity contribution in [1.29, 1.82) is 0 Å². The molecule has 0 aliphatic carbocycles. The maximum Gasteiger partial charge on any atom is 0.304 e. The fraction of sp³-hybridized carbons (Fsp3) is 0.571. The quantitative estimate of drug-likeness (QED) is 0.872. The van der Waals surface area contributed by atoms with E-state index in [0.29, 0.717) is 6.54 Å². The van der Waals surface area contributed by atoms with Gasteiger partial charge in [0.1, 0.15) is 0 Å². The van der Waals surface area contributed by atoms with Crippen LogP contribution in [-0.4, -0.2) is 33.0 Å². The third kappa shape index (κ3) is 4.84. The molecule has 0 unspecified atom stereocenters. The van der Waals surface area contributed by atoms with Crippen molar-refractivity contribution in [1.82, 2.24) is 9.88 Å². The number of carboxylic acid groups (broad SMARTS) is 1. The summed E-state index contributed by atoms with van der Waals surface area (Å²) in [5, 5.41) is 8.79. The van der Waals surface area contributed by atoms with Gasteiger partial charge in [-0.3, -0.25) is 14.7 Å². The third-order valence-corrected chi connectivity index (χ3v) is 2.89. The van der Waals surface area contributed by atoms with Crippen LogP contribution in [0.2, 0.25) is 0 Å². The molecule has 0 aromatic carbocycles. The first-order valence-corrected chi connectivity index (χ1v) is 6.17. The number of pyridine rings is 1. The Kier molecular flexibility index (Phi) is 4.84. The van der Waals surface area contributed by atoms with E-state index in [1.54, 1.807) is 0 Å². The van der Waals surface area contributed by atoms with Crippen LogP contribution in [0.3, 0.4) is 0 Å². The smallest absolute Gasteiger partial charge is 0.304 e. The zero-order valence-corrected chi connectivity index (χ0v) is 11.6. The van der Waals surface area contributed by atoms with Crippen LogP contribution < -0.4 is 0 Å². The Morgan fingerprint density at radius 2 is 2.06 bits per heavy atom. The Labute approximate surface area is 109 Å². The zero-order valence-electron chi connectivity index (χ0n) is 11.6. The molecule has 1 aromatic heterocycles. The highest BCUT2D eigenvalue weighted by molar-refractivity contribution is 5.66. The fourth-order valence-electron chi connectivity index (χ4n) is 1.69. The molecule has 1 heterocycles. The van der Waals surface area contributed by atoms with Crippen LogP contribution >= 0.6 is 0 Å². The summed E-state index contributed by atoms with van der Waals surface area (Å²) >= 11 is 0. The molecule has 18 heavy (non-hydrogen) atoms. The molecule has 0 bridgehead atoms. The molecule has 0 saturated carbocycles. The van der Waals surface area contributed by atoms with E-state index in [2.05, 4.69) is 30.7 Å². The first kappa shape index (κ1) is 14.6. The highest BCUT2D eigenvalue weighted by atomic mass is 16.4. The number of hydrogen-bond donors (Lipinski definition) is 1. The highest BCUT2D eigenvalue weighted by Crippen LogP contribution is 2.17. The van der Waals surface area contributed by atoms with Gasteiger partial charge < -0.3 is 5.11 Å². The van der Waals surface area contributed by atoms with Crippen molar-refractivity contribution in [2.24, 2.45) is 0 Å². The van der Waals surface area contributed by atoms with E-state index in [-0.39, 0.29) is 12.0 Å². The van der Waals surface area contributed by atoms with Gasteiger partial charge in [0.25, 0.3) is 0 Å². The molecule has 1 N–H and O–H groups in total. The zero-order chi connectivity index (χ0) is 13.8. The molecule has 0 atom stereocenters. The average molecular weight is 250 g/mol. The van der Waals surface area contributed by atoms with Gasteiger partial charge >= 0.3 is 5.97 Å². The number of rotatable bonds is 5. The van der Waals surface area contributed by atoms with Crippen LogP contribution in [0.1, 0.15) is 38.4 Å². The Balaban J connectivity index is 2.72. The summed E-state index contributed by atoms with van der Waals surface area (Å²) in [4.78, 5) is 17.1. The van der Waals surface area contributed by atoms with Crippen molar-refractivity contribution in [3.05, 3.63) is 29.6 Å². The van der Waals surface area contributed by atoms with Crippen molar-refractivity contribution in [3.63, 3.8) is 0 Å². The summed E-state index contributed by atoms with van der Waals surface area (Å²) < 4.78 is 0. The maximum absolute atomic E-state index is 10.7. The summed E-state index contributed by atoms with van der Waals surface area (Å²) in [6, 6.07) is 4.02. The second kappa shape index (κ2) is 5.96. The molecular weight excluding hydrogens is 228 g/mol. The summed E-state index contributed by atoms with van der Waals surface area (Å²) in [6.07, 6.45) is 2.02. The molecule has 0 amide bonds. The number of aliphatic carboxylic acids is 1. The SMILES string of the molecule is Cc1ccc(CN(CCC(=O)O)C(C)(C)C)cn1. The van der Waals surface area contributed by atoms with E-state index >= 15 is 0 Å². The lowest BCUT2D eigenvalue weighted by molar-refractivity contribution is -0.137. The maximum atomic E-state index is 10.7. The third-order valence-electron chi connectivity index (χ3n) is 2.89. The van der Waals surface area contributed by atoms with Gasteiger partial charge in [0.15, 0.2) is 0 Å². The van der Waals surface area contributed by atoms with Crippen LogP contribution in [-0.2, 0) is 11.3 Å². The van der Waals surface area contributed by atoms with Crippen LogP contribution in [0.5, 0.6) is 0 Å². The minimum atomic E-state index is -0.758. The van der Waals surface area contributed by atoms with E-state index in [1.165, 1.54) is 0 Å². The van der Waals surface area contributed by atoms with Gasteiger partial charge in [-0.1, -0.05) is 6.07 Å².